The predicted molar refractivity (Wildman–Crippen MR) is 85.6 cm³/mol. The van der Waals surface area contributed by atoms with Gasteiger partial charge in [0.15, 0.2) is 5.82 Å². The van der Waals surface area contributed by atoms with Gasteiger partial charge in [0.2, 0.25) is 0 Å². The van der Waals surface area contributed by atoms with Crippen LogP contribution in [0.3, 0.4) is 0 Å². The van der Waals surface area contributed by atoms with E-state index in [1.807, 2.05) is 6.07 Å². The minimum atomic E-state index is 0.322. The standard InChI is InChI=1S/C15H15Cl2N3/c1-9-7-10-5-3-4-6-13(10)20(9)15-12(17)8-11(16)14(18-2)19-15/h3-6,8-9H,7H2,1-2H3,(H,18,19). The first-order valence-electron chi connectivity index (χ1n) is 6.52. The molecule has 2 heterocycles. The van der Waals surface area contributed by atoms with Gasteiger partial charge < -0.3 is 10.2 Å². The quantitative estimate of drug-likeness (QED) is 0.884. The zero-order valence-corrected chi connectivity index (χ0v) is 12.8. The number of hydrogen-bond acceptors (Lipinski definition) is 3. The van der Waals surface area contributed by atoms with E-state index in [0.717, 1.165) is 12.2 Å². The van der Waals surface area contributed by atoms with Crippen LogP contribution in [0.4, 0.5) is 17.3 Å². The van der Waals surface area contributed by atoms with Crippen molar-refractivity contribution >= 4 is 40.5 Å². The Kier molecular flexibility index (Phi) is 3.48. The maximum absolute atomic E-state index is 6.35. The lowest BCUT2D eigenvalue weighted by Crippen LogP contribution is -2.25. The SMILES string of the molecule is CNc1nc(N2c3ccccc3CC2C)c(Cl)cc1Cl. The van der Waals surface area contributed by atoms with E-state index in [0.29, 0.717) is 21.9 Å². The van der Waals surface area contributed by atoms with E-state index in [4.69, 9.17) is 23.2 Å². The van der Waals surface area contributed by atoms with Crippen molar-refractivity contribution in [2.45, 2.75) is 19.4 Å². The molecule has 0 spiro atoms. The summed E-state index contributed by atoms with van der Waals surface area (Å²) in [6, 6.07) is 10.4. The van der Waals surface area contributed by atoms with Crippen LogP contribution in [0.25, 0.3) is 0 Å². The average molecular weight is 308 g/mol. The molecule has 0 bridgehead atoms. The molecule has 1 aromatic carbocycles. The fraction of sp³-hybridized carbons (Fsp3) is 0.267. The van der Waals surface area contributed by atoms with Gasteiger partial charge in [0.25, 0.3) is 0 Å². The summed E-state index contributed by atoms with van der Waals surface area (Å²) in [5.74, 6) is 1.39. The maximum atomic E-state index is 6.35. The fourth-order valence-corrected chi connectivity index (χ4v) is 3.23. The highest BCUT2D eigenvalue weighted by molar-refractivity contribution is 6.37. The molecule has 0 radical (unpaired) electrons. The van der Waals surface area contributed by atoms with Crippen LogP contribution in [0.15, 0.2) is 30.3 Å². The lowest BCUT2D eigenvalue weighted by molar-refractivity contribution is 0.751. The number of nitrogens with zero attached hydrogens (tertiary/aromatic N) is 2. The first-order chi connectivity index (χ1) is 9.61. The molecule has 104 valence electrons. The van der Waals surface area contributed by atoms with Crippen molar-refractivity contribution < 1.29 is 0 Å². The van der Waals surface area contributed by atoms with Crippen LogP contribution in [0.1, 0.15) is 12.5 Å². The summed E-state index contributed by atoms with van der Waals surface area (Å²) < 4.78 is 0. The molecule has 3 nitrogen and oxygen atoms in total. The van der Waals surface area contributed by atoms with Crippen LogP contribution in [0.2, 0.25) is 10.0 Å². The Balaban J connectivity index is 2.14. The van der Waals surface area contributed by atoms with E-state index in [1.165, 1.54) is 11.3 Å². The van der Waals surface area contributed by atoms with E-state index in [-0.39, 0.29) is 0 Å². The fourth-order valence-electron chi connectivity index (χ4n) is 2.69. The van der Waals surface area contributed by atoms with Gasteiger partial charge in [-0.2, -0.15) is 0 Å². The highest BCUT2D eigenvalue weighted by Gasteiger charge is 2.29. The lowest BCUT2D eigenvalue weighted by Gasteiger charge is -2.25. The van der Waals surface area contributed by atoms with Crippen molar-refractivity contribution in [2.24, 2.45) is 0 Å². The normalized spacial score (nSPS) is 17.2. The van der Waals surface area contributed by atoms with Crippen molar-refractivity contribution in [2.75, 3.05) is 17.3 Å². The third kappa shape index (κ3) is 2.11. The summed E-state index contributed by atoms with van der Waals surface area (Å²) in [5.41, 5.74) is 2.48. The number of aromatic nitrogens is 1. The van der Waals surface area contributed by atoms with Crippen molar-refractivity contribution in [3.8, 4) is 0 Å². The molecule has 1 N–H and O–H groups in total. The molecular formula is C15H15Cl2N3. The van der Waals surface area contributed by atoms with Gasteiger partial charge in [-0.25, -0.2) is 4.98 Å². The van der Waals surface area contributed by atoms with Crippen molar-refractivity contribution in [3.05, 3.63) is 45.9 Å². The van der Waals surface area contributed by atoms with Crippen LogP contribution in [0.5, 0.6) is 0 Å². The molecule has 0 saturated carbocycles. The number of nitrogens with one attached hydrogen (secondary N) is 1. The van der Waals surface area contributed by atoms with E-state index >= 15 is 0 Å². The number of pyridine rings is 1. The van der Waals surface area contributed by atoms with E-state index in [1.54, 1.807) is 13.1 Å². The summed E-state index contributed by atoms with van der Waals surface area (Å²) in [7, 11) is 1.80. The molecule has 1 atom stereocenters. The van der Waals surface area contributed by atoms with Gasteiger partial charge in [0.05, 0.1) is 10.0 Å². The molecule has 5 heteroatoms. The minimum absolute atomic E-state index is 0.322. The molecule has 0 amide bonds. The van der Waals surface area contributed by atoms with Gasteiger partial charge in [0.1, 0.15) is 5.82 Å². The Labute approximate surface area is 128 Å². The van der Waals surface area contributed by atoms with E-state index in [2.05, 4.69) is 40.3 Å². The number of anilines is 3. The third-order valence-corrected chi connectivity index (χ3v) is 4.15. The molecule has 2 aromatic rings. The molecule has 20 heavy (non-hydrogen) atoms. The zero-order valence-electron chi connectivity index (χ0n) is 11.3. The molecule has 0 saturated heterocycles. The molecule has 3 rings (SSSR count). The number of benzene rings is 1. The van der Waals surface area contributed by atoms with Crippen LogP contribution in [-0.2, 0) is 6.42 Å². The number of fused-ring (bicyclic) bond motifs is 1. The van der Waals surface area contributed by atoms with Crippen LogP contribution >= 0.6 is 23.2 Å². The Bertz CT molecular complexity index is 658. The summed E-state index contributed by atoms with van der Waals surface area (Å²) in [6.07, 6.45) is 0.992. The number of para-hydroxylation sites is 1. The van der Waals surface area contributed by atoms with Gasteiger partial charge in [0, 0.05) is 18.8 Å². The Hall–Kier alpha value is -1.45. The van der Waals surface area contributed by atoms with Crippen LogP contribution in [-0.4, -0.2) is 18.1 Å². The molecular weight excluding hydrogens is 293 g/mol. The molecule has 1 aliphatic rings. The lowest BCUT2D eigenvalue weighted by atomic mass is 10.1. The van der Waals surface area contributed by atoms with Gasteiger partial charge in [-0.05, 0) is 31.0 Å². The molecule has 1 aliphatic heterocycles. The van der Waals surface area contributed by atoms with Gasteiger partial charge in [-0.3, -0.25) is 0 Å². The Morgan fingerprint density at radius 1 is 1.25 bits per heavy atom. The molecule has 0 fully saturated rings. The van der Waals surface area contributed by atoms with Gasteiger partial charge in [-0.15, -0.1) is 0 Å². The monoisotopic (exact) mass is 307 g/mol. The highest BCUT2D eigenvalue weighted by atomic mass is 35.5. The average Bonchev–Trinajstić information content (AvgIpc) is 2.75. The molecule has 1 aromatic heterocycles. The molecule has 1 unspecified atom stereocenters. The van der Waals surface area contributed by atoms with E-state index < -0.39 is 0 Å². The topological polar surface area (TPSA) is 28.2 Å². The Morgan fingerprint density at radius 3 is 2.75 bits per heavy atom. The molecule has 0 aliphatic carbocycles. The first kappa shape index (κ1) is 13.5. The third-order valence-electron chi connectivity index (χ3n) is 3.58. The Morgan fingerprint density at radius 2 is 2.00 bits per heavy atom. The van der Waals surface area contributed by atoms with E-state index in [9.17, 15) is 0 Å². The minimum Gasteiger partial charge on any atom is -0.372 e. The smallest absolute Gasteiger partial charge is 0.154 e. The van der Waals surface area contributed by atoms with Crippen LogP contribution in [0, 0.1) is 0 Å². The first-order valence-corrected chi connectivity index (χ1v) is 7.28. The van der Waals surface area contributed by atoms with Gasteiger partial charge in [-0.1, -0.05) is 41.4 Å². The second kappa shape index (κ2) is 5.15. The number of rotatable bonds is 2. The predicted octanol–water partition coefficient (Wildman–Crippen LogP) is 4.51. The van der Waals surface area contributed by atoms with Crippen molar-refractivity contribution in [1.29, 1.82) is 0 Å². The number of halogens is 2. The summed E-state index contributed by atoms with van der Waals surface area (Å²) in [6.45, 7) is 2.17. The second-order valence-electron chi connectivity index (χ2n) is 4.93. The summed E-state index contributed by atoms with van der Waals surface area (Å²) in [4.78, 5) is 6.75. The van der Waals surface area contributed by atoms with Crippen LogP contribution < -0.4 is 10.2 Å². The summed E-state index contributed by atoms with van der Waals surface area (Å²) in [5, 5.41) is 4.09. The summed E-state index contributed by atoms with van der Waals surface area (Å²) >= 11 is 12.5. The largest absolute Gasteiger partial charge is 0.372 e. The van der Waals surface area contributed by atoms with Gasteiger partial charge >= 0.3 is 0 Å². The van der Waals surface area contributed by atoms with Crippen molar-refractivity contribution in [3.63, 3.8) is 0 Å². The second-order valence-corrected chi connectivity index (χ2v) is 5.74. The van der Waals surface area contributed by atoms with Crippen molar-refractivity contribution in [1.82, 2.24) is 4.98 Å². The maximum Gasteiger partial charge on any atom is 0.154 e. The zero-order chi connectivity index (χ0) is 14.3. The number of hydrogen-bond donors (Lipinski definition) is 1. The highest BCUT2D eigenvalue weighted by Crippen LogP contribution is 2.41.